The topological polar surface area (TPSA) is 84.2 Å². The molecule has 0 unspecified atom stereocenters. The van der Waals surface area contributed by atoms with E-state index in [0.29, 0.717) is 36.5 Å². The average molecular weight is 384 g/mol. The van der Waals surface area contributed by atoms with Crippen molar-refractivity contribution in [2.45, 2.75) is 33.0 Å². The number of H-pyrrole nitrogens is 1. The van der Waals surface area contributed by atoms with E-state index in [9.17, 15) is 9.18 Å². The van der Waals surface area contributed by atoms with Crippen molar-refractivity contribution >= 4 is 5.91 Å². The lowest BCUT2D eigenvalue weighted by molar-refractivity contribution is 0.0430. The lowest BCUT2D eigenvalue weighted by Gasteiger charge is -2.17. The molecular weight excluding hydrogens is 363 g/mol. The number of nitrogens with one attached hydrogen (secondary N) is 1. The van der Waals surface area contributed by atoms with Crippen molar-refractivity contribution in [3.8, 4) is 11.3 Å². The molecule has 1 aliphatic rings. The van der Waals surface area contributed by atoms with Crippen molar-refractivity contribution in [3.63, 3.8) is 0 Å². The molecule has 4 rings (SSSR count). The van der Waals surface area contributed by atoms with E-state index < -0.39 is 0 Å². The van der Waals surface area contributed by atoms with Gasteiger partial charge in [0.05, 0.1) is 35.9 Å². The first-order valence-electron chi connectivity index (χ1n) is 9.15. The largest absolute Gasteiger partial charge is 0.371 e. The van der Waals surface area contributed by atoms with Gasteiger partial charge in [-0.3, -0.25) is 9.89 Å². The van der Waals surface area contributed by atoms with Crippen LogP contribution in [0.4, 0.5) is 4.39 Å². The Hall–Kier alpha value is -3.00. The van der Waals surface area contributed by atoms with Gasteiger partial charge in [0.15, 0.2) is 0 Å². The zero-order valence-corrected chi connectivity index (χ0v) is 15.7. The van der Waals surface area contributed by atoms with Crippen molar-refractivity contribution in [1.82, 2.24) is 20.3 Å². The van der Waals surface area contributed by atoms with Gasteiger partial charge < -0.3 is 14.2 Å². The zero-order chi connectivity index (χ0) is 19.7. The molecule has 8 heteroatoms. The average Bonchev–Trinajstić information content (AvgIpc) is 3.42. The number of aryl methyl sites for hydroxylation is 2. The summed E-state index contributed by atoms with van der Waals surface area (Å²) in [5.74, 6) is 0.316. The van der Waals surface area contributed by atoms with Gasteiger partial charge in [-0.2, -0.15) is 5.10 Å². The second-order valence-electron chi connectivity index (χ2n) is 6.94. The minimum Gasteiger partial charge on any atom is -0.371 e. The van der Waals surface area contributed by atoms with E-state index in [1.807, 2.05) is 13.8 Å². The van der Waals surface area contributed by atoms with Crippen molar-refractivity contribution in [1.29, 1.82) is 0 Å². The molecule has 0 radical (unpaired) electrons. The highest BCUT2D eigenvalue weighted by Gasteiger charge is 2.30. The van der Waals surface area contributed by atoms with E-state index in [0.717, 1.165) is 23.4 Å². The first-order chi connectivity index (χ1) is 13.5. The number of halogens is 1. The number of benzene rings is 1. The number of hydrogen-bond donors (Lipinski definition) is 1. The summed E-state index contributed by atoms with van der Waals surface area (Å²) in [4.78, 5) is 14.7. The Morgan fingerprint density at radius 2 is 2.14 bits per heavy atom. The highest BCUT2D eigenvalue weighted by Crippen LogP contribution is 2.25. The monoisotopic (exact) mass is 384 g/mol. The number of aromatic nitrogens is 3. The van der Waals surface area contributed by atoms with E-state index in [4.69, 9.17) is 9.26 Å². The van der Waals surface area contributed by atoms with Gasteiger partial charge in [-0.25, -0.2) is 4.39 Å². The zero-order valence-electron chi connectivity index (χ0n) is 15.7. The molecular formula is C20H21FN4O3. The third kappa shape index (κ3) is 3.55. The number of likely N-dealkylation sites (tertiary alicyclic amines) is 1. The molecule has 1 saturated heterocycles. The van der Waals surface area contributed by atoms with Gasteiger partial charge in [-0.05, 0) is 44.5 Å². The number of ether oxygens (including phenoxy) is 1. The summed E-state index contributed by atoms with van der Waals surface area (Å²) in [6, 6.07) is 5.97. The lowest BCUT2D eigenvalue weighted by Crippen LogP contribution is -2.30. The molecule has 3 aromatic rings. The first kappa shape index (κ1) is 18.4. The Kier molecular flexibility index (Phi) is 4.95. The maximum absolute atomic E-state index is 13.2. The fraction of sp³-hybridized carbons (Fsp3) is 0.350. The number of aromatic amines is 1. The molecule has 28 heavy (non-hydrogen) atoms. The van der Waals surface area contributed by atoms with Crippen LogP contribution in [0.5, 0.6) is 0 Å². The van der Waals surface area contributed by atoms with Gasteiger partial charge in [0.25, 0.3) is 5.91 Å². The van der Waals surface area contributed by atoms with Crippen molar-refractivity contribution in [3.05, 3.63) is 58.9 Å². The third-order valence-corrected chi connectivity index (χ3v) is 5.08. The van der Waals surface area contributed by atoms with Crippen LogP contribution >= 0.6 is 0 Å². The molecule has 7 nitrogen and oxygen atoms in total. The summed E-state index contributed by atoms with van der Waals surface area (Å²) in [5.41, 5.74) is 3.56. The molecule has 146 valence electrons. The van der Waals surface area contributed by atoms with Gasteiger partial charge in [0.1, 0.15) is 11.6 Å². The number of carbonyl (C=O) groups excluding carboxylic acids is 1. The van der Waals surface area contributed by atoms with E-state index in [-0.39, 0.29) is 17.8 Å². The van der Waals surface area contributed by atoms with E-state index in [1.54, 1.807) is 17.0 Å². The predicted molar refractivity (Wildman–Crippen MR) is 99.1 cm³/mol. The first-order valence-corrected chi connectivity index (χ1v) is 9.15. The molecule has 1 aromatic carbocycles. The Labute approximate surface area is 161 Å². The van der Waals surface area contributed by atoms with Crippen LogP contribution in [0.25, 0.3) is 11.3 Å². The Balaban J connectivity index is 1.41. The summed E-state index contributed by atoms with van der Waals surface area (Å²) in [6.07, 6.45) is 2.23. The number of hydrogen-bond acceptors (Lipinski definition) is 5. The molecule has 0 aliphatic carbocycles. The third-order valence-electron chi connectivity index (χ3n) is 5.08. The summed E-state index contributed by atoms with van der Waals surface area (Å²) in [5, 5.41) is 10.8. The Bertz CT molecular complexity index is 960. The maximum Gasteiger partial charge on any atom is 0.257 e. The van der Waals surface area contributed by atoms with Crippen LogP contribution in [0.1, 0.15) is 33.8 Å². The van der Waals surface area contributed by atoms with Crippen molar-refractivity contribution in [2.75, 3.05) is 13.1 Å². The minimum absolute atomic E-state index is 0.0428. The van der Waals surface area contributed by atoms with Gasteiger partial charge in [0, 0.05) is 24.2 Å². The molecule has 1 atom stereocenters. The Morgan fingerprint density at radius 3 is 2.86 bits per heavy atom. The molecule has 2 aromatic heterocycles. The van der Waals surface area contributed by atoms with Crippen LogP contribution in [0, 0.1) is 19.7 Å². The summed E-state index contributed by atoms with van der Waals surface area (Å²) < 4.78 is 24.3. The number of nitrogens with zero attached hydrogens (tertiary/aromatic N) is 3. The van der Waals surface area contributed by atoms with E-state index >= 15 is 0 Å². The number of carbonyl (C=O) groups is 1. The molecule has 1 aliphatic heterocycles. The lowest BCUT2D eigenvalue weighted by atomic mass is 10.1. The molecule has 0 spiro atoms. The van der Waals surface area contributed by atoms with Gasteiger partial charge >= 0.3 is 0 Å². The van der Waals surface area contributed by atoms with Crippen LogP contribution in [0.15, 0.2) is 35.0 Å². The summed E-state index contributed by atoms with van der Waals surface area (Å²) >= 11 is 0. The number of amides is 1. The van der Waals surface area contributed by atoms with Gasteiger partial charge in [0.2, 0.25) is 0 Å². The van der Waals surface area contributed by atoms with Gasteiger partial charge in [-0.15, -0.1) is 0 Å². The number of rotatable bonds is 5. The smallest absolute Gasteiger partial charge is 0.257 e. The quantitative estimate of drug-likeness (QED) is 0.730. The molecule has 1 amide bonds. The minimum atomic E-state index is -0.325. The van der Waals surface area contributed by atoms with Crippen LogP contribution in [-0.2, 0) is 11.3 Å². The van der Waals surface area contributed by atoms with Crippen LogP contribution in [0.2, 0.25) is 0 Å². The standard InChI is InChI=1S/C20H21FN4O3/c1-12-18(13(2)28-24-12)11-27-16-7-8-25(10-16)20(26)17-9-22-23-19(17)14-3-5-15(21)6-4-14/h3-6,9,16H,7-8,10-11H2,1-2H3,(H,22,23)/t16-/m1/s1. The Morgan fingerprint density at radius 1 is 1.36 bits per heavy atom. The molecule has 0 saturated carbocycles. The normalized spacial score (nSPS) is 16.7. The predicted octanol–water partition coefficient (Wildman–Crippen LogP) is 3.25. The van der Waals surface area contributed by atoms with E-state index in [2.05, 4.69) is 15.4 Å². The second-order valence-corrected chi connectivity index (χ2v) is 6.94. The highest BCUT2D eigenvalue weighted by atomic mass is 19.1. The van der Waals surface area contributed by atoms with Gasteiger partial charge in [-0.1, -0.05) is 5.16 Å². The molecule has 3 heterocycles. The fourth-order valence-corrected chi connectivity index (χ4v) is 3.41. The van der Waals surface area contributed by atoms with Crippen LogP contribution in [-0.4, -0.2) is 45.4 Å². The maximum atomic E-state index is 13.2. The molecule has 1 fully saturated rings. The SMILES string of the molecule is Cc1noc(C)c1CO[C@@H]1CCN(C(=O)c2cn[nH]c2-c2ccc(F)cc2)C1. The fourth-order valence-electron chi connectivity index (χ4n) is 3.41. The molecule has 0 bridgehead atoms. The molecule has 1 N–H and O–H groups in total. The van der Waals surface area contributed by atoms with Crippen molar-refractivity contribution < 1.29 is 18.4 Å². The van der Waals surface area contributed by atoms with E-state index in [1.165, 1.54) is 18.3 Å². The van der Waals surface area contributed by atoms with Crippen LogP contribution < -0.4 is 0 Å². The van der Waals surface area contributed by atoms with Crippen LogP contribution in [0.3, 0.4) is 0 Å². The van der Waals surface area contributed by atoms with Crippen molar-refractivity contribution in [2.24, 2.45) is 0 Å². The summed E-state index contributed by atoms with van der Waals surface area (Å²) in [7, 11) is 0. The second kappa shape index (κ2) is 7.55. The summed E-state index contributed by atoms with van der Waals surface area (Å²) in [6.45, 7) is 5.28. The highest BCUT2D eigenvalue weighted by molar-refractivity contribution is 5.99.